The second kappa shape index (κ2) is 11.7. The zero-order chi connectivity index (χ0) is 27.3. The molecule has 1 fully saturated rings. The van der Waals surface area contributed by atoms with Crippen molar-refractivity contribution in [2.45, 2.75) is 50.2 Å². The van der Waals surface area contributed by atoms with Gasteiger partial charge in [-0.1, -0.05) is 38.1 Å². The second-order valence-corrected chi connectivity index (χ2v) is 11.6. The summed E-state index contributed by atoms with van der Waals surface area (Å²) in [6.07, 6.45) is 5.77. The SMILES string of the molecule is CC(C)CC(NC(=O)N1C=Cc2ccccc2N1)C(=O)N[C@H]1CCCN(S(=O)(=O)c2ccccn2)CC1=O. The first-order valence-electron chi connectivity index (χ1n) is 12.5. The quantitative estimate of drug-likeness (QED) is 0.490. The third kappa shape index (κ3) is 6.37. The number of nitrogens with one attached hydrogen (secondary N) is 3. The summed E-state index contributed by atoms with van der Waals surface area (Å²) >= 11 is 0. The van der Waals surface area contributed by atoms with Gasteiger partial charge >= 0.3 is 6.03 Å². The molecule has 1 aromatic heterocycles. The Kier molecular flexibility index (Phi) is 8.42. The molecule has 2 aliphatic rings. The molecule has 2 atom stereocenters. The van der Waals surface area contributed by atoms with Crippen molar-refractivity contribution in [1.82, 2.24) is 24.9 Å². The van der Waals surface area contributed by atoms with E-state index in [1.807, 2.05) is 38.1 Å². The maximum absolute atomic E-state index is 13.2. The summed E-state index contributed by atoms with van der Waals surface area (Å²) < 4.78 is 27.0. The summed E-state index contributed by atoms with van der Waals surface area (Å²) in [7, 11) is -3.94. The number of fused-ring (bicyclic) bond motifs is 1. The molecule has 1 saturated heterocycles. The van der Waals surface area contributed by atoms with Gasteiger partial charge < -0.3 is 10.6 Å². The summed E-state index contributed by atoms with van der Waals surface area (Å²) in [4.78, 5) is 43.1. The highest BCUT2D eigenvalue weighted by molar-refractivity contribution is 7.89. The molecule has 1 unspecified atom stereocenters. The van der Waals surface area contributed by atoms with Gasteiger partial charge in [0, 0.05) is 24.5 Å². The maximum Gasteiger partial charge on any atom is 0.340 e. The Morgan fingerprint density at radius 2 is 1.92 bits per heavy atom. The fourth-order valence-corrected chi connectivity index (χ4v) is 5.74. The number of hydrazine groups is 1. The number of amides is 3. The molecular weight excluding hydrogens is 508 g/mol. The lowest BCUT2D eigenvalue weighted by atomic mass is 10.0. The van der Waals surface area contributed by atoms with Gasteiger partial charge in [-0.25, -0.2) is 23.2 Å². The van der Waals surface area contributed by atoms with Crippen molar-refractivity contribution < 1.29 is 22.8 Å². The molecule has 2 aliphatic heterocycles. The first-order valence-corrected chi connectivity index (χ1v) is 14.0. The highest BCUT2D eigenvalue weighted by atomic mass is 32.2. The first kappa shape index (κ1) is 27.3. The average molecular weight is 541 g/mol. The summed E-state index contributed by atoms with van der Waals surface area (Å²) in [6, 6.07) is 9.79. The van der Waals surface area contributed by atoms with Gasteiger partial charge in [0.25, 0.3) is 10.0 Å². The highest BCUT2D eigenvalue weighted by Crippen LogP contribution is 2.22. The number of benzene rings is 1. The molecule has 38 heavy (non-hydrogen) atoms. The van der Waals surface area contributed by atoms with E-state index in [0.29, 0.717) is 12.8 Å². The Morgan fingerprint density at radius 3 is 2.66 bits per heavy atom. The molecule has 1 aromatic carbocycles. The van der Waals surface area contributed by atoms with Crippen molar-refractivity contribution >= 4 is 39.5 Å². The Balaban J connectivity index is 1.40. The molecular formula is C26H32N6O5S. The van der Waals surface area contributed by atoms with E-state index in [2.05, 4.69) is 21.0 Å². The van der Waals surface area contributed by atoms with E-state index in [0.717, 1.165) is 15.6 Å². The van der Waals surface area contributed by atoms with Gasteiger partial charge in [0.1, 0.15) is 6.04 Å². The van der Waals surface area contributed by atoms with E-state index >= 15 is 0 Å². The number of nitrogens with zero attached hydrogens (tertiary/aromatic N) is 3. The van der Waals surface area contributed by atoms with E-state index in [1.165, 1.54) is 17.3 Å². The number of rotatable bonds is 7. The zero-order valence-electron chi connectivity index (χ0n) is 21.3. The fourth-order valence-electron chi connectivity index (χ4n) is 4.36. The number of carbonyl (C=O) groups excluding carboxylic acids is 3. The Hall–Kier alpha value is -3.77. The molecule has 0 saturated carbocycles. The number of anilines is 1. The van der Waals surface area contributed by atoms with E-state index in [-0.39, 0.29) is 30.5 Å². The molecule has 0 radical (unpaired) electrons. The number of ketones is 1. The van der Waals surface area contributed by atoms with Crippen LogP contribution >= 0.6 is 0 Å². The number of para-hydroxylation sites is 1. The monoisotopic (exact) mass is 540 g/mol. The van der Waals surface area contributed by atoms with E-state index < -0.39 is 39.8 Å². The van der Waals surface area contributed by atoms with Crippen LogP contribution in [0, 0.1) is 5.92 Å². The van der Waals surface area contributed by atoms with Crippen LogP contribution in [0.5, 0.6) is 0 Å². The molecule has 3 heterocycles. The zero-order valence-corrected chi connectivity index (χ0v) is 22.1. The minimum absolute atomic E-state index is 0.0838. The van der Waals surface area contributed by atoms with Crippen LogP contribution < -0.4 is 16.1 Å². The molecule has 3 amide bonds. The van der Waals surface area contributed by atoms with E-state index in [4.69, 9.17) is 0 Å². The van der Waals surface area contributed by atoms with Gasteiger partial charge in [0.2, 0.25) is 5.91 Å². The van der Waals surface area contributed by atoms with Crippen molar-refractivity contribution in [1.29, 1.82) is 0 Å². The molecule has 3 N–H and O–H groups in total. The van der Waals surface area contributed by atoms with Crippen molar-refractivity contribution in [3.8, 4) is 0 Å². The van der Waals surface area contributed by atoms with Gasteiger partial charge in [-0.2, -0.15) is 4.31 Å². The topological polar surface area (TPSA) is 141 Å². The molecule has 0 bridgehead atoms. The summed E-state index contributed by atoms with van der Waals surface area (Å²) in [6.45, 7) is 3.63. The van der Waals surface area contributed by atoms with Gasteiger partial charge in [-0.15, -0.1) is 0 Å². The minimum atomic E-state index is -3.94. The van der Waals surface area contributed by atoms with Crippen LogP contribution in [0.1, 0.15) is 38.7 Å². The Bertz CT molecular complexity index is 1310. The number of urea groups is 1. The molecule has 0 spiro atoms. The molecule has 4 rings (SSSR count). The predicted octanol–water partition coefficient (Wildman–Crippen LogP) is 2.36. The van der Waals surface area contributed by atoms with Gasteiger partial charge in [0.05, 0.1) is 18.3 Å². The molecule has 11 nitrogen and oxygen atoms in total. The van der Waals surface area contributed by atoms with Crippen LogP contribution in [-0.4, -0.2) is 65.6 Å². The number of sulfonamides is 1. The minimum Gasteiger partial charge on any atom is -0.344 e. The summed E-state index contributed by atoms with van der Waals surface area (Å²) in [5.74, 6) is -0.824. The van der Waals surface area contributed by atoms with Gasteiger partial charge in [-0.3, -0.25) is 15.0 Å². The summed E-state index contributed by atoms with van der Waals surface area (Å²) in [5, 5.41) is 6.65. The Labute approximate surface area is 222 Å². The number of Topliss-reactive ketones (excluding diaryl/α,β-unsaturated/α-hetero) is 1. The van der Waals surface area contributed by atoms with Crippen LogP contribution in [0.3, 0.4) is 0 Å². The molecule has 202 valence electrons. The predicted molar refractivity (Wildman–Crippen MR) is 142 cm³/mol. The Morgan fingerprint density at radius 1 is 1.16 bits per heavy atom. The van der Waals surface area contributed by atoms with Crippen LogP contribution in [0.2, 0.25) is 0 Å². The normalized spacial score (nSPS) is 18.8. The van der Waals surface area contributed by atoms with Crippen LogP contribution in [0.25, 0.3) is 6.08 Å². The van der Waals surface area contributed by atoms with Crippen LogP contribution in [0.15, 0.2) is 59.9 Å². The fraction of sp³-hybridized carbons (Fsp3) is 0.385. The maximum atomic E-state index is 13.2. The number of hydrogen-bond donors (Lipinski definition) is 3. The number of aromatic nitrogens is 1. The molecule has 2 aromatic rings. The van der Waals surface area contributed by atoms with Crippen molar-refractivity contribution in [3.63, 3.8) is 0 Å². The second-order valence-electron chi connectivity index (χ2n) is 9.69. The first-order chi connectivity index (χ1) is 18.1. The molecule has 0 aliphatic carbocycles. The van der Waals surface area contributed by atoms with E-state index in [9.17, 15) is 22.8 Å². The summed E-state index contributed by atoms with van der Waals surface area (Å²) in [5.41, 5.74) is 4.69. The number of carbonyl (C=O) groups is 3. The third-order valence-electron chi connectivity index (χ3n) is 6.32. The number of pyridine rings is 1. The largest absolute Gasteiger partial charge is 0.344 e. The van der Waals surface area contributed by atoms with Gasteiger partial charge in [0.15, 0.2) is 10.8 Å². The smallest absolute Gasteiger partial charge is 0.340 e. The van der Waals surface area contributed by atoms with Crippen LogP contribution in [0.4, 0.5) is 10.5 Å². The van der Waals surface area contributed by atoms with Gasteiger partial charge in [-0.05, 0) is 49.5 Å². The lowest BCUT2D eigenvalue weighted by Crippen LogP contribution is -2.55. The van der Waals surface area contributed by atoms with Crippen LogP contribution in [-0.2, 0) is 19.6 Å². The van der Waals surface area contributed by atoms with E-state index in [1.54, 1.807) is 24.4 Å². The lowest BCUT2D eigenvalue weighted by Gasteiger charge is -2.29. The van der Waals surface area contributed by atoms with Crippen molar-refractivity contribution in [2.75, 3.05) is 18.5 Å². The van der Waals surface area contributed by atoms with Crippen molar-refractivity contribution in [2.24, 2.45) is 5.92 Å². The highest BCUT2D eigenvalue weighted by Gasteiger charge is 2.35. The third-order valence-corrected chi connectivity index (χ3v) is 8.09. The molecule has 12 heteroatoms. The lowest BCUT2D eigenvalue weighted by molar-refractivity contribution is -0.129. The standard InChI is InChI=1S/C26H32N6O5S/c1-18(2)16-22(29-26(35)32-15-12-19-8-3-4-9-20(19)30-32)25(34)28-21-10-7-14-31(17-23(21)33)38(36,37)24-11-5-6-13-27-24/h3-6,8-9,11-13,15,18,21-22,30H,7,10,14,16-17H2,1-2H3,(H,28,34)(H,29,35)/t21-,22?/m0/s1. The number of hydrogen-bond acceptors (Lipinski definition) is 7. The average Bonchev–Trinajstić information content (AvgIpc) is 3.09. The van der Waals surface area contributed by atoms with Crippen molar-refractivity contribution in [3.05, 3.63) is 60.4 Å².